The van der Waals surface area contributed by atoms with Crippen molar-refractivity contribution in [3.05, 3.63) is 0 Å². The maximum absolute atomic E-state index is 12.3. The molecule has 2 heterocycles. The molecule has 5 nitrogen and oxygen atoms in total. The molecule has 2 atom stereocenters. The minimum absolute atomic E-state index is 0.154. The Morgan fingerprint density at radius 2 is 2.26 bits per heavy atom. The Hall–Kier alpha value is -0.650. The summed E-state index contributed by atoms with van der Waals surface area (Å²) in [5.74, 6) is 0.228. The summed E-state index contributed by atoms with van der Waals surface area (Å²) in [4.78, 5) is 16.5. The van der Waals surface area contributed by atoms with Crippen molar-refractivity contribution in [3.63, 3.8) is 0 Å². The Balaban J connectivity index is 1.80. The first-order valence-electron chi connectivity index (χ1n) is 7.45. The average molecular weight is 270 g/mol. The van der Waals surface area contributed by atoms with E-state index in [0.717, 1.165) is 32.4 Å². The molecule has 0 spiro atoms. The lowest BCUT2D eigenvalue weighted by atomic mass is 10.1. The number of nitrogens with zero attached hydrogens (tertiary/aromatic N) is 2. The van der Waals surface area contributed by atoms with Gasteiger partial charge >= 0.3 is 0 Å². The van der Waals surface area contributed by atoms with Crippen molar-refractivity contribution in [3.8, 4) is 0 Å². The summed E-state index contributed by atoms with van der Waals surface area (Å²) < 4.78 is 5.47. The van der Waals surface area contributed by atoms with Crippen molar-refractivity contribution in [1.29, 1.82) is 0 Å². The van der Waals surface area contributed by atoms with Crippen LogP contribution >= 0.6 is 0 Å². The number of hydrogen-bond donors (Lipinski definition) is 1. The summed E-state index contributed by atoms with van der Waals surface area (Å²) in [6.45, 7) is 5.90. The van der Waals surface area contributed by atoms with E-state index in [4.69, 9.17) is 9.84 Å². The number of carbonyl (C=O) groups is 1. The van der Waals surface area contributed by atoms with Crippen LogP contribution in [0.15, 0.2) is 0 Å². The summed E-state index contributed by atoms with van der Waals surface area (Å²) in [6, 6.07) is 0.481. The van der Waals surface area contributed by atoms with Gasteiger partial charge in [-0.05, 0) is 39.2 Å². The minimum atomic E-state index is 0.154. The standard InChI is InChI=1S/C14H26N2O3/c1-12-10-16(7-9-19-12)14(18)11-15-6-2-4-13(15)5-3-8-17/h12-13,17H,2-11H2,1H3. The Kier molecular flexibility index (Phi) is 5.60. The highest BCUT2D eigenvalue weighted by Gasteiger charge is 2.28. The fourth-order valence-electron chi connectivity index (χ4n) is 3.08. The van der Waals surface area contributed by atoms with E-state index in [-0.39, 0.29) is 18.6 Å². The van der Waals surface area contributed by atoms with Crippen molar-refractivity contribution in [2.45, 2.75) is 44.8 Å². The van der Waals surface area contributed by atoms with Crippen LogP contribution in [0.1, 0.15) is 32.6 Å². The Morgan fingerprint density at radius 1 is 1.42 bits per heavy atom. The van der Waals surface area contributed by atoms with E-state index in [1.807, 2.05) is 11.8 Å². The molecule has 2 rings (SSSR count). The largest absolute Gasteiger partial charge is 0.396 e. The van der Waals surface area contributed by atoms with Crippen LogP contribution in [0.3, 0.4) is 0 Å². The smallest absolute Gasteiger partial charge is 0.236 e. The van der Waals surface area contributed by atoms with Crippen LogP contribution < -0.4 is 0 Å². The normalized spacial score (nSPS) is 28.8. The average Bonchev–Trinajstić information content (AvgIpc) is 2.83. The van der Waals surface area contributed by atoms with Gasteiger partial charge in [-0.1, -0.05) is 0 Å². The lowest BCUT2D eigenvalue weighted by molar-refractivity contribution is -0.139. The molecule has 0 saturated carbocycles. The van der Waals surface area contributed by atoms with Crippen LogP contribution in [-0.2, 0) is 9.53 Å². The molecule has 2 aliphatic heterocycles. The van der Waals surface area contributed by atoms with Crippen LogP contribution in [0.4, 0.5) is 0 Å². The second-order valence-corrected chi connectivity index (χ2v) is 5.65. The van der Waals surface area contributed by atoms with E-state index >= 15 is 0 Å². The minimum Gasteiger partial charge on any atom is -0.396 e. The van der Waals surface area contributed by atoms with Gasteiger partial charge in [0.1, 0.15) is 0 Å². The van der Waals surface area contributed by atoms with Crippen LogP contribution in [0.2, 0.25) is 0 Å². The second kappa shape index (κ2) is 7.22. The van der Waals surface area contributed by atoms with E-state index in [1.165, 1.54) is 6.42 Å². The number of likely N-dealkylation sites (tertiary alicyclic amines) is 1. The quantitative estimate of drug-likeness (QED) is 0.789. The molecule has 2 fully saturated rings. The predicted octanol–water partition coefficient (Wildman–Crippen LogP) is 0.471. The predicted molar refractivity (Wildman–Crippen MR) is 72.9 cm³/mol. The fraction of sp³-hybridized carbons (Fsp3) is 0.929. The number of aliphatic hydroxyl groups is 1. The van der Waals surface area contributed by atoms with Crippen LogP contribution in [-0.4, -0.2) is 72.4 Å². The molecule has 110 valence electrons. The van der Waals surface area contributed by atoms with Gasteiger partial charge in [-0.15, -0.1) is 0 Å². The molecule has 0 aliphatic carbocycles. The van der Waals surface area contributed by atoms with E-state index in [1.54, 1.807) is 0 Å². The van der Waals surface area contributed by atoms with Gasteiger partial charge in [-0.2, -0.15) is 0 Å². The van der Waals surface area contributed by atoms with E-state index in [9.17, 15) is 4.79 Å². The molecule has 1 N–H and O–H groups in total. The summed E-state index contributed by atoms with van der Waals surface area (Å²) >= 11 is 0. The lowest BCUT2D eigenvalue weighted by Crippen LogP contribution is -2.49. The molecule has 0 aromatic heterocycles. The molecule has 2 saturated heterocycles. The molecule has 0 radical (unpaired) electrons. The van der Waals surface area contributed by atoms with Crippen molar-refractivity contribution in [2.75, 3.05) is 39.4 Å². The number of rotatable bonds is 5. The highest BCUT2D eigenvalue weighted by Crippen LogP contribution is 2.21. The van der Waals surface area contributed by atoms with Crippen molar-refractivity contribution in [2.24, 2.45) is 0 Å². The highest BCUT2D eigenvalue weighted by atomic mass is 16.5. The van der Waals surface area contributed by atoms with Crippen molar-refractivity contribution >= 4 is 5.91 Å². The first kappa shape index (κ1) is 14.8. The fourth-order valence-corrected chi connectivity index (χ4v) is 3.08. The van der Waals surface area contributed by atoms with Crippen molar-refractivity contribution in [1.82, 2.24) is 9.80 Å². The van der Waals surface area contributed by atoms with Crippen LogP contribution in [0, 0.1) is 0 Å². The molecule has 0 aromatic rings. The summed E-state index contributed by atoms with van der Waals surface area (Å²) in [7, 11) is 0. The van der Waals surface area contributed by atoms with Gasteiger partial charge in [0.05, 0.1) is 19.3 Å². The molecule has 2 unspecified atom stereocenters. The van der Waals surface area contributed by atoms with E-state index < -0.39 is 0 Å². The van der Waals surface area contributed by atoms with Gasteiger partial charge in [0.2, 0.25) is 5.91 Å². The monoisotopic (exact) mass is 270 g/mol. The molecule has 0 aromatic carbocycles. The maximum atomic E-state index is 12.3. The summed E-state index contributed by atoms with van der Waals surface area (Å²) in [6.07, 6.45) is 4.32. The zero-order valence-corrected chi connectivity index (χ0v) is 11.9. The molecular formula is C14H26N2O3. The molecule has 19 heavy (non-hydrogen) atoms. The molecule has 5 heteroatoms. The number of aliphatic hydroxyl groups excluding tert-OH is 1. The lowest BCUT2D eigenvalue weighted by Gasteiger charge is -2.33. The zero-order valence-electron chi connectivity index (χ0n) is 11.9. The van der Waals surface area contributed by atoms with Gasteiger partial charge in [0.25, 0.3) is 0 Å². The Morgan fingerprint density at radius 3 is 3.00 bits per heavy atom. The SMILES string of the molecule is CC1CN(C(=O)CN2CCCC2CCCO)CCO1. The van der Waals surface area contributed by atoms with E-state index in [0.29, 0.717) is 25.7 Å². The van der Waals surface area contributed by atoms with Crippen LogP contribution in [0.5, 0.6) is 0 Å². The molecule has 2 aliphatic rings. The second-order valence-electron chi connectivity index (χ2n) is 5.65. The first-order chi connectivity index (χ1) is 9.20. The zero-order chi connectivity index (χ0) is 13.7. The third kappa shape index (κ3) is 4.16. The van der Waals surface area contributed by atoms with Gasteiger partial charge in [0, 0.05) is 25.7 Å². The highest BCUT2D eigenvalue weighted by molar-refractivity contribution is 5.78. The number of carbonyl (C=O) groups excluding carboxylic acids is 1. The topological polar surface area (TPSA) is 53.0 Å². The number of ether oxygens (including phenoxy) is 1. The molecule has 1 amide bonds. The van der Waals surface area contributed by atoms with Gasteiger partial charge < -0.3 is 14.7 Å². The van der Waals surface area contributed by atoms with Gasteiger partial charge in [-0.3, -0.25) is 9.69 Å². The van der Waals surface area contributed by atoms with Gasteiger partial charge in [-0.25, -0.2) is 0 Å². The molecular weight excluding hydrogens is 244 g/mol. The van der Waals surface area contributed by atoms with Crippen LogP contribution in [0.25, 0.3) is 0 Å². The van der Waals surface area contributed by atoms with E-state index in [2.05, 4.69) is 4.90 Å². The number of hydrogen-bond acceptors (Lipinski definition) is 4. The Labute approximate surface area is 115 Å². The molecule has 0 bridgehead atoms. The number of morpholine rings is 1. The third-order valence-corrected chi connectivity index (χ3v) is 4.13. The summed E-state index contributed by atoms with van der Waals surface area (Å²) in [5.41, 5.74) is 0. The Bertz CT molecular complexity index is 298. The maximum Gasteiger partial charge on any atom is 0.236 e. The van der Waals surface area contributed by atoms with Crippen molar-refractivity contribution < 1.29 is 14.6 Å². The number of amides is 1. The third-order valence-electron chi connectivity index (χ3n) is 4.13. The summed E-state index contributed by atoms with van der Waals surface area (Å²) in [5, 5.41) is 8.92. The first-order valence-corrected chi connectivity index (χ1v) is 7.45. The van der Waals surface area contributed by atoms with Gasteiger partial charge in [0.15, 0.2) is 0 Å².